The molecule has 0 spiro atoms. The van der Waals surface area contributed by atoms with Crippen molar-refractivity contribution >= 4 is 11.8 Å². The molecular weight excluding hydrogens is 218 g/mol. The Hall–Kier alpha value is -1.10. The molecule has 0 rings (SSSR count). The molecule has 0 aromatic carbocycles. The minimum absolute atomic E-state index is 0.101. The van der Waals surface area contributed by atoms with Gasteiger partial charge >= 0.3 is 0 Å². The summed E-state index contributed by atoms with van der Waals surface area (Å²) in [4.78, 5) is 25.2. The number of amides is 2. The molecule has 5 heteroatoms. The van der Waals surface area contributed by atoms with Gasteiger partial charge in [-0.2, -0.15) is 0 Å². The number of rotatable bonds is 5. The number of likely N-dealkylation sites (N-methyl/N-ethyl adjacent to an activating group) is 1. The van der Waals surface area contributed by atoms with Crippen LogP contribution in [0.15, 0.2) is 0 Å². The van der Waals surface area contributed by atoms with E-state index in [2.05, 4.69) is 5.32 Å². The van der Waals surface area contributed by atoms with Crippen molar-refractivity contribution in [3.63, 3.8) is 0 Å². The van der Waals surface area contributed by atoms with Gasteiger partial charge in [-0.25, -0.2) is 0 Å². The highest BCUT2D eigenvalue weighted by Crippen LogP contribution is 2.08. The number of nitrogens with one attached hydrogen (secondary N) is 1. The van der Waals surface area contributed by atoms with Crippen LogP contribution in [0.1, 0.15) is 34.1 Å². The van der Waals surface area contributed by atoms with E-state index >= 15 is 0 Å². The summed E-state index contributed by atoms with van der Waals surface area (Å²) in [6, 6.07) is -0.500. The SMILES string of the molecule is CC(C)CC(NC(=O)C(C)(C)N)C(=O)N(C)C. The average molecular weight is 243 g/mol. The Morgan fingerprint density at radius 1 is 1.29 bits per heavy atom. The van der Waals surface area contributed by atoms with Gasteiger partial charge < -0.3 is 16.0 Å². The summed E-state index contributed by atoms with van der Waals surface area (Å²) in [5.41, 5.74) is 4.73. The van der Waals surface area contributed by atoms with Crippen LogP contribution in [-0.2, 0) is 9.59 Å². The molecule has 1 unspecified atom stereocenters. The van der Waals surface area contributed by atoms with Gasteiger partial charge in [0.1, 0.15) is 6.04 Å². The molecule has 0 fully saturated rings. The molecule has 0 heterocycles. The Labute approximate surface area is 104 Å². The Kier molecular flexibility index (Phi) is 5.61. The molecule has 1 atom stereocenters. The highest BCUT2D eigenvalue weighted by molar-refractivity contribution is 5.91. The minimum atomic E-state index is -0.970. The lowest BCUT2D eigenvalue weighted by molar-refractivity contribution is -0.136. The Morgan fingerprint density at radius 3 is 2.06 bits per heavy atom. The maximum Gasteiger partial charge on any atom is 0.244 e. The van der Waals surface area contributed by atoms with E-state index < -0.39 is 11.6 Å². The van der Waals surface area contributed by atoms with E-state index in [-0.39, 0.29) is 11.8 Å². The molecule has 0 bridgehead atoms. The van der Waals surface area contributed by atoms with Gasteiger partial charge in [0, 0.05) is 14.1 Å². The maximum absolute atomic E-state index is 11.9. The quantitative estimate of drug-likeness (QED) is 0.731. The molecule has 17 heavy (non-hydrogen) atoms. The fraction of sp³-hybridized carbons (Fsp3) is 0.833. The molecule has 0 saturated heterocycles. The topological polar surface area (TPSA) is 75.4 Å². The fourth-order valence-electron chi connectivity index (χ4n) is 1.35. The Morgan fingerprint density at radius 2 is 1.76 bits per heavy atom. The smallest absolute Gasteiger partial charge is 0.244 e. The zero-order chi connectivity index (χ0) is 13.8. The third-order valence-corrected chi connectivity index (χ3v) is 2.34. The zero-order valence-electron chi connectivity index (χ0n) is 11.7. The van der Waals surface area contributed by atoms with Crippen LogP contribution in [0.3, 0.4) is 0 Å². The first-order valence-electron chi connectivity index (χ1n) is 5.86. The first-order chi connectivity index (χ1) is 7.55. The monoisotopic (exact) mass is 243 g/mol. The van der Waals surface area contributed by atoms with Gasteiger partial charge in [0.05, 0.1) is 5.54 Å². The number of carbonyl (C=O) groups is 2. The van der Waals surface area contributed by atoms with E-state index in [0.29, 0.717) is 12.3 Å². The molecule has 3 N–H and O–H groups in total. The maximum atomic E-state index is 11.9. The summed E-state index contributed by atoms with van der Waals surface area (Å²) in [6.45, 7) is 7.26. The second-order valence-electron chi connectivity index (χ2n) is 5.61. The normalized spacial score (nSPS) is 13.4. The van der Waals surface area contributed by atoms with E-state index in [1.807, 2.05) is 13.8 Å². The first-order valence-corrected chi connectivity index (χ1v) is 5.86. The predicted octanol–water partition coefficient (Wildman–Crippen LogP) is 0.343. The Balaban J connectivity index is 4.72. The lowest BCUT2D eigenvalue weighted by Gasteiger charge is -2.26. The summed E-state index contributed by atoms with van der Waals surface area (Å²) in [6.07, 6.45) is 0.610. The van der Waals surface area contributed by atoms with E-state index in [1.54, 1.807) is 27.9 Å². The van der Waals surface area contributed by atoms with Gasteiger partial charge in [0.2, 0.25) is 11.8 Å². The second-order valence-corrected chi connectivity index (χ2v) is 5.61. The standard InChI is InChI=1S/C12H25N3O2/c1-8(2)7-9(10(16)15(5)6)14-11(17)12(3,4)13/h8-9H,7,13H2,1-6H3,(H,14,17). The lowest BCUT2D eigenvalue weighted by Crippen LogP contribution is -2.55. The first kappa shape index (κ1) is 15.9. The molecule has 0 aromatic rings. The van der Waals surface area contributed by atoms with Gasteiger partial charge in [-0.15, -0.1) is 0 Å². The lowest BCUT2D eigenvalue weighted by atomic mass is 10.0. The number of hydrogen-bond donors (Lipinski definition) is 2. The average Bonchev–Trinajstić information content (AvgIpc) is 2.12. The summed E-state index contributed by atoms with van der Waals surface area (Å²) in [7, 11) is 3.35. The predicted molar refractivity (Wildman–Crippen MR) is 68.3 cm³/mol. The van der Waals surface area contributed by atoms with Crippen LogP contribution in [-0.4, -0.2) is 42.4 Å². The molecule has 100 valence electrons. The van der Waals surface area contributed by atoms with Gasteiger partial charge in [-0.1, -0.05) is 13.8 Å². The van der Waals surface area contributed by atoms with Crippen LogP contribution in [0, 0.1) is 5.92 Å². The third-order valence-electron chi connectivity index (χ3n) is 2.34. The largest absolute Gasteiger partial charge is 0.347 e. The summed E-state index contributed by atoms with van der Waals surface area (Å²) in [5.74, 6) is -0.0836. The molecule has 0 radical (unpaired) electrons. The van der Waals surface area contributed by atoms with Crippen molar-refractivity contribution in [3.05, 3.63) is 0 Å². The summed E-state index contributed by atoms with van der Waals surface area (Å²) >= 11 is 0. The van der Waals surface area contributed by atoms with Crippen LogP contribution in [0.25, 0.3) is 0 Å². The van der Waals surface area contributed by atoms with Crippen molar-refractivity contribution in [2.45, 2.75) is 45.7 Å². The van der Waals surface area contributed by atoms with Crippen molar-refractivity contribution in [2.24, 2.45) is 11.7 Å². The van der Waals surface area contributed by atoms with Crippen molar-refractivity contribution < 1.29 is 9.59 Å². The molecule has 2 amide bonds. The van der Waals surface area contributed by atoms with Crippen LogP contribution in [0.2, 0.25) is 0 Å². The van der Waals surface area contributed by atoms with E-state index in [1.165, 1.54) is 4.90 Å². The number of nitrogens with two attached hydrogens (primary N) is 1. The van der Waals surface area contributed by atoms with Gasteiger partial charge in [-0.05, 0) is 26.2 Å². The van der Waals surface area contributed by atoms with Crippen molar-refractivity contribution in [2.75, 3.05) is 14.1 Å². The van der Waals surface area contributed by atoms with Gasteiger partial charge in [-0.3, -0.25) is 9.59 Å². The Bertz CT molecular complexity index is 280. The van der Waals surface area contributed by atoms with E-state index in [4.69, 9.17) is 5.73 Å². The zero-order valence-corrected chi connectivity index (χ0v) is 11.7. The molecular formula is C12H25N3O2. The van der Waals surface area contributed by atoms with Crippen LogP contribution >= 0.6 is 0 Å². The summed E-state index contributed by atoms with van der Waals surface area (Å²) < 4.78 is 0. The number of carbonyl (C=O) groups excluding carboxylic acids is 2. The van der Waals surface area contributed by atoms with Gasteiger partial charge in [0.15, 0.2) is 0 Å². The second kappa shape index (κ2) is 6.00. The third kappa shape index (κ3) is 5.68. The highest BCUT2D eigenvalue weighted by atomic mass is 16.2. The molecule has 0 aliphatic carbocycles. The van der Waals surface area contributed by atoms with Crippen molar-refractivity contribution in [1.82, 2.24) is 10.2 Å². The molecule has 0 saturated carbocycles. The van der Waals surface area contributed by atoms with E-state index in [0.717, 1.165) is 0 Å². The fourth-order valence-corrected chi connectivity index (χ4v) is 1.35. The van der Waals surface area contributed by atoms with Gasteiger partial charge in [0.25, 0.3) is 0 Å². The number of hydrogen-bond acceptors (Lipinski definition) is 3. The minimum Gasteiger partial charge on any atom is -0.347 e. The molecule has 5 nitrogen and oxygen atoms in total. The van der Waals surface area contributed by atoms with E-state index in [9.17, 15) is 9.59 Å². The highest BCUT2D eigenvalue weighted by Gasteiger charge is 2.29. The molecule has 0 aromatic heterocycles. The van der Waals surface area contributed by atoms with Crippen molar-refractivity contribution in [3.8, 4) is 0 Å². The number of nitrogens with zero attached hydrogens (tertiary/aromatic N) is 1. The summed E-state index contributed by atoms with van der Waals surface area (Å²) in [5, 5.41) is 2.71. The molecule has 0 aliphatic rings. The van der Waals surface area contributed by atoms with Crippen LogP contribution in [0.4, 0.5) is 0 Å². The molecule has 0 aliphatic heterocycles. The van der Waals surface area contributed by atoms with Crippen LogP contribution < -0.4 is 11.1 Å². The van der Waals surface area contributed by atoms with Crippen LogP contribution in [0.5, 0.6) is 0 Å². The van der Waals surface area contributed by atoms with Crippen molar-refractivity contribution in [1.29, 1.82) is 0 Å².